The lowest BCUT2D eigenvalue weighted by Gasteiger charge is -2.35. The lowest BCUT2D eigenvalue weighted by Crippen LogP contribution is -2.49. The number of rotatable bonds is 4. The van der Waals surface area contributed by atoms with Crippen molar-refractivity contribution in [3.8, 4) is 5.75 Å². The van der Waals surface area contributed by atoms with Crippen LogP contribution in [0.4, 0.5) is 23.7 Å². The normalized spacial score (nSPS) is 18.9. The van der Waals surface area contributed by atoms with Crippen molar-refractivity contribution in [2.24, 2.45) is 5.92 Å². The summed E-state index contributed by atoms with van der Waals surface area (Å²) in [5.41, 5.74) is 0.351. The summed E-state index contributed by atoms with van der Waals surface area (Å²) in [6.45, 7) is 2.42. The van der Waals surface area contributed by atoms with E-state index >= 15 is 0 Å². The molecule has 3 amide bonds. The zero-order chi connectivity index (χ0) is 20.9. The predicted octanol–water partition coefficient (Wildman–Crippen LogP) is 3.12. The molecule has 1 aromatic rings. The van der Waals surface area contributed by atoms with Crippen LogP contribution in [0.25, 0.3) is 0 Å². The van der Waals surface area contributed by atoms with Crippen LogP contribution in [-0.2, 0) is 9.53 Å². The molecule has 2 aliphatic rings. The van der Waals surface area contributed by atoms with Gasteiger partial charge >= 0.3 is 12.4 Å². The van der Waals surface area contributed by atoms with E-state index in [1.165, 1.54) is 12.1 Å². The fourth-order valence-corrected chi connectivity index (χ4v) is 3.54. The molecule has 0 aromatic heterocycles. The Labute approximate surface area is 166 Å². The van der Waals surface area contributed by atoms with Crippen LogP contribution in [0, 0.1) is 5.92 Å². The number of halogens is 3. The molecule has 0 aliphatic carbocycles. The van der Waals surface area contributed by atoms with Crippen molar-refractivity contribution < 1.29 is 32.2 Å². The molecular formula is C19H24F3N3O4. The first kappa shape index (κ1) is 21.2. The molecule has 2 aliphatic heterocycles. The third-order valence-corrected chi connectivity index (χ3v) is 5.06. The Kier molecular flexibility index (Phi) is 6.83. The zero-order valence-corrected chi connectivity index (χ0v) is 15.8. The van der Waals surface area contributed by atoms with E-state index in [1.807, 2.05) is 4.90 Å². The zero-order valence-electron chi connectivity index (χ0n) is 15.8. The maximum absolute atomic E-state index is 12.5. The molecule has 3 rings (SSSR count). The summed E-state index contributed by atoms with van der Waals surface area (Å²) in [4.78, 5) is 26.5. The largest absolute Gasteiger partial charge is 0.573 e. The molecule has 2 saturated heterocycles. The van der Waals surface area contributed by atoms with Crippen molar-refractivity contribution in [2.75, 3.05) is 31.6 Å². The topological polar surface area (TPSA) is 79.9 Å². The molecule has 0 radical (unpaired) electrons. The fourth-order valence-electron chi connectivity index (χ4n) is 3.54. The number of alkyl halides is 3. The van der Waals surface area contributed by atoms with Gasteiger partial charge in [0.05, 0.1) is 0 Å². The van der Waals surface area contributed by atoms with Gasteiger partial charge in [0.15, 0.2) is 0 Å². The number of likely N-dealkylation sites (tertiary alicyclic amines) is 1. The summed E-state index contributed by atoms with van der Waals surface area (Å²) < 4.78 is 45.6. The van der Waals surface area contributed by atoms with Gasteiger partial charge in [0.25, 0.3) is 0 Å². The molecule has 1 aromatic carbocycles. The highest BCUT2D eigenvalue weighted by atomic mass is 19.4. The number of amides is 3. The standard InChI is InChI=1S/C19H24F3N3O4/c20-19(21,22)29-16-3-1-14(2-4-16)23-18(27)24-15-5-9-25(10-6-15)17(26)13-7-11-28-12-8-13/h1-4,13,15H,5-12H2,(H2,23,24,27). The number of nitrogens with one attached hydrogen (secondary N) is 2. The molecule has 0 unspecified atom stereocenters. The lowest BCUT2D eigenvalue weighted by atomic mass is 9.96. The molecule has 0 atom stereocenters. The maximum atomic E-state index is 12.5. The van der Waals surface area contributed by atoms with Crippen molar-refractivity contribution in [3.63, 3.8) is 0 Å². The molecule has 160 valence electrons. The van der Waals surface area contributed by atoms with E-state index in [2.05, 4.69) is 15.4 Å². The number of nitrogens with zero attached hydrogens (tertiary/aromatic N) is 1. The van der Waals surface area contributed by atoms with Crippen LogP contribution in [0.3, 0.4) is 0 Å². The second kappa shape index (κ2) is 9.34. The Hall–Kier alpha value is -2.49. The minimum absolute atomic E-state index is 0.0286. The third-order valence-electron chi connectivity index (χ3n) is 5.06. The first-order valence-electron chi connectivity index (χ1n) is 9.60. The summed E-state index contributed by atoms with van der Waals surface area (Å²) >= 11 is 0. The number of ether oxygens (including phenoxy) is 2. The molecule has 7 nitrogen and oxygen atoms in total. The average molecular weight is 415 g/mol. The second-order valence-electron chi connectivity index (χ2n) is 7.16. The average Bonchev–Trinajstić information content (AvgIpc) is 2.69. The van der Waals surface area contributed by atoms with Gasteiger partial charge < -0.3 is 25.0 Å². The van der Waals surface area contributed by atoms with E-state index in [9.17, 15) is 22.8 Å². The predicted molar refractivity (Wildman–Crippen MR) is 98.4 cm³/mol. The van der Waals surface area contributed by atoms with E-state index < -0.39 is 12.4 Å². The number of piperidine rings is 1. The Morgan fingerprint density at radius 1 is 1.03 bits per heavy atom. The van der Waals surface area contributed by atoms with Crippen molar-refractivity contribution in [2.45, 2.75) is 38.1 Å². The van der Waals surface area contributed by atoms with Crippen molar-refractivity contribution in [1.82, 2.24) is 10.2 Å². The van der Waals surface area contributed by atoms with E-state index in [0.717, 1.165) is 25.0 Å². The first-order chi connectivity index (χ1) is 13.8. The number of anilines is 1. The van der Waals surface area contributed by atoms with E-state index in [0.29, 0.717) is 44.8 Å². The number of hydrogen-bond acceptors (Lipinski definition) is 4. The Balaban J connectivity index is 1.41. The number of carbonyl (C=O) groups is 2. The fraction of sp³-hybridized carbons (Fsp3) is 0.579. The number of hydrogen-bond donors (Lipinski definition) is 2. The van der Waals surface area contributed by atoms with E-state index in [-0.39, 0.29) is 23.6 Å². The van der Waals surface area contributed by atoms with Crippen LogP contribution in [0.2, 0.25) is 0 Å². The van der Waals surface area contributed by atoms with Gasteiger partial charge in [-0.05, 0) is 49.9 Å². The van der Waals surface area contributed by atoms with Crippen LogP contribution in [0.1, 0.15) is 25.7 Å². The molecule has 2 fully saturated rings. The van der Waals surface area contributed by atoms with Gasteiger partial charge in [-0.15, -0.1) is 13.2 Å². The van der Waals surface area contributed by atoms with Gasteiger partial charge in [-0.1, -0.05) is 0 Å². The Bertz CT molecular complexity index is 698. The third kappa shape index (κ3) is 6.52. The first-order valence-corrected chi connectivity index (χ1v) is 9.60. The van der Waals surface area contributed by atoms with Crippen molar-refractivity contribution in [3.05, 3.63) is 24.3 Å². The number of benzene rings is 1. The van der Waals surface area contributed by atoms with Gasteiger partial charge in [-0.3, -0.25) is 4.79 Å². The monoisotopic (exact) mass is 415 g/mol. The van der Waals surface area contributed by atoms with Crippen LogP contribution >= 0.6 is 0 Å². The van der Waals surface area contributed by atoms with Crippen LogP contribution in [0.15, 0.2) is 24.3 Å². The quantitative estimate of drug-likeness (QED) is 0.792. The molecule has 0 bridgehead atoms. The van der Waals surface area contributed by atoms with Gasteiger partial charge in [0.2, 0.25) is 5.91 Å². The summed E-state index contributed by atoms with van der Waals surface area (Å²) in [6, 6.07) is 4.41. The smallest absolute Gasteiger partial charge is 0.406 e. The summed E-state index contributed by atoms with van der Waals surface area (Å²) in [5, 5.41) is 5.42. The Morgan fingerprint density at radius 3 is 2.24 bits per heavy atom. The highest BCUT2D eigenvalue weighted by Gasteiger charge is 2.31. The maximum Gasteiger partial charge on any atom is 0.573 e. The van der Waals surface area contributed by atoms with Crippen LogP contribution < -0.4 is 15.4 Å². The molecule has 2 N–H and O–H groups in total. The van der Waals surface area contributed by atoms with Gasteiger partial charge in [0, 0.05) is 44.0 Å². The Morgan fingerprint density at radius 2 is 1.66 bits per heavy atom. The molecule has 29 heavy (non-hydrogen) atoms. The summed E-state index contributed by atoms with van der Waals surface area (Å²) in [6.07, 6.45) is -1.94. The van der Waals surface area contributed by atoms with Gasteiger partial charge in [0.1, 0.15) is 5.75 Å². The van der Waals surface area contributed by atoms with E-state index in [1.54, 1.807) is 0 Å². The molecule has 10 heteroatoms. The highest BCUT2D eigenvalue weighted by molar-refractivity contribution is 5.89. The number of urea groups is 1. The molecule has 2 heterocycles. The highest BCUT2D eigenvalue weighted by Crippen LogP contribution is 2.24. The minimum Gasteiger partial charge on any atom is -0.406 e. The van der Waals surface area contributed by atoms with Crippen molar-refractivity contribution >= 4 is 17.6 Å². The van der Waals surface area contributed by atoms with Gasteiger partial charge in [-0.25, -0.2) is 4.79 Å². The molecule has 0 spiro atoms. The SMILES string of the molecule is O=C(Nc1ccc(OC(F)(F)F)cc1)NC1CCN(C(=O)C2CCOCC2)CC1. The summed E-state index contributed by atoms with van der Waals surface area (Å²) in [7, 11) is 0. The lowest BCUT2D eigenvalue weighted by molar-refractivity contribution is -0.274. The van der Waals surface area contributed by atoms with E-state index in [4.69, 9.17) is 4.74 Å². The number of carbonyl (C=O) groups excluding carboxylic acids is 2. The summed E-state index contributed by atoms with van der Waals surface area (Å²) in [5.74, 6) is -0.164. The second-order valence-corrected chi connectivity index (χ2v) is 7.16. The van der Waals surface area contributed by atoms with Gasteiger partial charge in [-0.2, -0.15) is 0 Å². The molecule has 0 saturated carbocycles. The minimum atomic E-state index is -4.76. The van der Waals surface area contributed by atoms with Crippen LogP contribution in [-0.4, -0.2) is 55.5 Å². The van der Waals surface area contributed by atoms with Crippen LogP contribution in [0.5, 0.6) is 5.75 Å². The van der Waals surface area contributed by atoms with Crippen molar-refractivity contribution in [1.29, 1.82) is 0 Å². The molecular weight excluding hydrogens is 391 g/mol.